The molecule has 0 unspecified atom stereocenters. The van der Waals surface area contributed by atoms with Crippen LogP contribution in [0, 0.1) is 6.92 Å². The lowest BCUT2D eigenvalue weighted by atomic mass is 10.1. The minimum atomic E-state index is -0.626. The van der Waals surface area contributed by atoms with Gasteiger partial charge in [0.1, 0.15) is 28.6 Å². The number of hydrogen-bond acceptors (Lipinski definition) is 9. The van der Waals surface area contributed by atoms with E-state index in [9.17, 15) is 14.4 Å². The highest BCUT2D eigenvalue weighted by molar-refractivity contribution is 6.30. The van der Waals surface area contributed by atoms with E-state index in [-0.39, 0.29) is 38.1 Å². The van der Waals surface area contributed by atoms with Crippen molar-refractivity contribution in [2.24, 2.45) is 0 Å². The number of aryl methyl sites for hydroxylation is 1. The predicted octanol–water partition coefficient (Wildman–Crippen LogP) is 6.63. The van der Waals surface area contributed by atoms with Gasteiger partial charge in [-0.25, -0.2) is 9.78 Å². The molecule has 0 aliphatic heterocycles. The molecule has 260 valence electrons. The number of carbonyl (C=O) groups is 2. The Balaban J connectivity index is 0.00000122. The van der Waals surface area contributed by atoms with E-state index in [1.807, 2.05) is 32.0 Å². The number of rotatable bonds is 13. The first-order valence-electron chi connectivity index (χ1n) is 14.9. The number of hydrogen-bond donors (Lipinski definition) is 3. The molecule has 13 heteroatoms. The van der Waals surface area contributed by atoms with Crippen LogP contribution in [0.3, 0.4) is 0 Å². The van der Waals surface area contributed by atoms with Gasteiger partial charge in [0, 0.05) is 36.8 Å². The zero-order chi connectivity index (χ0) is 34.3. The third-order valence-corrected chi connectivity index (χ3v) is 6.45. The first-order valence-corrected chi connectivity index (χ1v) is 15.7. The van der Waals surface area contributed by atoms with E-state index in [1.165, 1.54) is 11.8 Å². The van der Waals surface area contributed by atoms with Gasteiger partial charge in [0.05, 0.1) is 12.8 Å². The largest absolute Gasteiger partial charge is 0.486 e. The molecule has 3 aromatic rings. The fourth-order valence-electron chi connectivity index (χ4n) is 3.87. The van der Waals surface area contributed by atoms with Crippen LogP contribution >= 0.6 is 23.2 Å². The predicted molar refractivity (Wildman–Crippen MR) is 189 cm³/mol. The summed E-state index contributed by atoms with van der Waals surface area (Å²) in [7, 11) is 0. The summed E-state index contributed by atoms with van der Waals surface area (Å²) in [5.41, 5.74) is 0.274. The van der Waals surface area contributed by atoms with E-state index < -0.39 is 28.8 Å². The maximum absolute atomic E-state index is 12.6. The van der Waals surface area contributed by atoms with Crippen LogP contribution in [0.5, 0.6) is 5.75 Å². The molecule has 0 aliphatic rings. The van der Waals surface area contributed by atoms with Crippen LogP contribution in [0.4, 0.5) is 10.6 Å². The van der Waals surface area contributed by atoms with Crippen LogP contribution in [0.1, 0.15) is 60.1 Å². The number of carbonyl (C=O) groups excluding carboxylic acids is 2. The van der Waals surface area contributed by atoms with Crippen LogP contribution in [0.2, 0.25) is 10.2 Å². The van der Waals surface area contributed by atoms with Gasteiger partial charge in [0.15, 0.2) is 5.82 Å². The van der Waals surface area contributed by atoms with Crippen molar-refractivity contribution in [3.05, 3.63) is 86.4 Å². The summed E-state index contributed by atoms with van der Waals surface area (Å²) in [5, 5.41) is 9.51. The Kier molecular flexibility index (Phi) is 17.3. The van der Waals surface area contributed by atoms with Crippen molar-refractivity contribution < 1.29 is 23.8 Å². The van der Waals surface area contributed by atoms with E-state index in [0.717, 1.165) is 4.57 Å². The number of esters is 1. The highest BCUT2D eigenvalue weighted by atomic mass is 35.5. The van der Waals surface area contributed by atoms with Crippen LogP contribution in [-0.4, -0.2) is 59.1 Å². The maximum atomic E-state index is 12.6. The molecular formula is C34H49Cl2N5O6. The number of nitrogens with zero attached hydrogens (tertiary/aromatic N) is 2. The van der Waals surface area contributed by atoms with E-state index >= 15 is 0 Å². The van der Waals surface area contributed by atoms with Gasteiger partial charge in [-0.1, -0.05) is 66.5 Å². The molecule has 3 N–H and O–H groups in total. The second kappa shape index (κ2) is 19.8. The van der Waals surface area contributed by atoms with Gasteiger partial charge in [0.2, 0.25) is 0 Å². The third kappa shape index (κ3) is 16.0. The molecule has 0 saturated carbocycles. The smallest absolute Gasteiger partial charge is 0.407 e. The molecule has 2 aromatic carbocycles. The highest BCUT2D eigenvalue weighted by Gasteiger charge is 2.22. The van der Waals surface area contributed by atoms with Crippen molar-refractivity contribution in [3.8, 4) is 5.75 Å². The topological polar surface area (TPSA) is 133 Å². The molecule has 0 fully saturated rings. The molecule has 47 heavy (non-hydrogen) atoms. The number of ether oxygens (including phenoxy) is 3. The van der Waals surface area contributed by atoms with Gasteiger partial charge >= 0.3 is 12.1 Å². The van der Waals surface area contributed by atoms with Crippen LogP contribution in [0.15, 0.2) is 59.5 Å². The monoisotopic (exact) mass is 693 g/mol. The molecular weight excluding hydrogens is 645 g/mol. The lowest BCUT2D eigenvalue weighted by molar-refractivity contribution is -0.143. The number of alkyl carbamates (subject to hydrolysis) is 1. The summed E-state index contributed by atoms with van der Waals surface area (Å²) in [6, 6.07) is 15.5. The highest BCUT2D eigenvalue weighted by Crippen LogP contribution is 2.26. The molecule has 3 rings (SSSR count). The van der Waals surface area contributed by atoms with Crippen molar-refractivity contribution in [1.82, 2.24) is 20.2 Å². The molecule has 11 nitrogen and oxygen atoms in total. The molecule has 0 spiro atoms. The Morgan fingerprint density at radius 2 is 1.68 bits per heavy atom. The Morgan fingerprint density at radius 1 is 1.00 bits per heavy atom. The van der Waals surface area contributed by atoms with Crippen molar-refractivity contribution in [3.63, 3.8) is 0 Å². The van der Waals surface area contributed by atoms with Crippen molar-refractivity contribution in [2.75, 3.05) is 31.6 Å². The molecule has 1 aromatic heterocycles. The first kappa shape index (κ1) is 41.2. The number of anilines is 1. The van der Waals surface area contributed by atoms with Crippen LogP contribution in [-0.2, 0) is 27.4 Å². The quantitative estimate of drug-likeness (QED) is 0.133. The fraction of sp³-hybridized carbons (Fsp3) is 0.471. The Hall–Kier alpha value is -3.80. The number of amides is 1. The zero-order valence-corrected chi connectivity index (χ0v) is 29.1. The molecule has 0 saturated heterocycles. The van der Waals surface area contributed by atoms with Crippen molar-refractivity contribution in [1.29, 1.82) is 0 Å². The van der Waals surface area contributed by atoms with E-state index in [2.05, 4.69) is 40.0 Å². The third-order valence-electron chi connectivity index (χ3n) is 5.91. The average Bonchev–Trinajstić information content (AvgIpc) is 2.96. The van der Waals surface area contributed by atoms with Gasteiger partial charge in [-0.2, -0.15) is 0 Å². The number of aromatic nitrogens is 2. The lowest BCUT2D eigenvalue weighted by Crippen LogP contribution is -2.42. The minimum Gasteiger partial charge on any atom is -0.486 e. The first-order chi connectivity index (χ1) is 21.6. The molecule has 0 bridgehead atoms. The van der Waals surface area contributed by atoms with Crippen LogP contribution in [0.25, 0.3) is 0 Å². The molecule has 1 amide bonds. The standard InChI is InChI=1S/C26H37Cl2N5O6.C7H8.CH4/c1-7-37-21(34)15-33-20(28)14-31-22(23(33)35)30-11-10-29-16-26(5,6)38-19-9-8-18(27)12-17(19)13-32-24(36)39-25(2,3)4;1-7-5-3-2-4-6-7;/h8-9,12,14,29H,7,10-11,13,15-16H2,1-6H3,(H,30,31)(H,32,36);2-6H,1H3;1H4. The summed E-state index contributed by atoms with van der Waals surface area (Å²) in [5.74, 6) is 0.0872. The lowest BCUT2D eigenvalue weighted by Gasteiger charge is -2.28. The Morgan fingerprint density at radius 3 is 2.28 bits per heavy atom. The second-order valence-corrected chi connectivity index (χ2v) is 12.7. The summed E-state index contributed by atoms with van der Waals surface area (Å²) in [6.07, 6.45) is 0.765. The van der Waals surface area contributed by atoms with E-state index in [4.69, 9.17) is 37.4 Å². The van der Waals surface area contributed by atoms with E-state index in [0.29, 0.717) is 36.0 Å². The van der Waals surface area contributed by atoms with Crippen LogP contribution < -0.4 is 26.2 Å². The zero-order valence-electron chi connectivity index (χ0n) is 27.5. The SMILES string of the molecule is C.CCOC(=O)Cn1c(Cl)cnc(NCCNCC(C)(C)Oc2ccc(Cl)cc2CNC(=O)OC(C)(C)C)c1=O.Cc1ccccc1. The number of benzene rings is 2. The molecule has 0 radical (unpaired) electrons. The van der Waals surface area contributed by atoms with Gasteiger partial charge in [-0.05, 0) is 66.7 Å². The Bertz CT molecular complexity index is 1480. The summed E-state index contributed by atoms with van der Waals surface area (Å²) in [6.45, 7) is 14.4. The summed E-state index contributed by atoms with van der Waals surface area (Å²) < 4.78 is 17.5. The summed E-state index contributed by atoms with van der Waals surface area (Å²) in [4.78, 5) is 40.5. The molecule has 0 aliphatic carbocycles. The van der Waals surface area contributed by atoms with Crippen molar-refractivity contribution in [2.45, 2.75) is 80.2 Å². The minimum absolute atomic E-state index is 0. The van der Waals surface area contributed by atoms with Gasteiger partial charge < -0.3 is 30.2 Å². The van der Waals surface area contributed by atoms with Gasteiger partial charge in [0.25, 0.3) is 5.56 Å². The average molecular weight is 695 g/mol. The maximum Gasteiger partial charge on any atom is 0.407 e. The fourth-order valence-corrected chi connectivity index (χ4v) is 4.25. The van der Waals surface area contributed by atoms with Gasteiger partial charge in [-0.15, -0.1) is 0 Å². The number of nitrogens with one attached hydrogen (secondary N) is 3. The van der Waals surface area contributed by atoms with E-state index in [1.54, 1.807) is 45.9 Å². The second-order valence-electron chi connectivity index (χ2n) is 11.9. The normalized spacial score (nSPS) is 10.9. The van der Waals surface area contributed by atoms with Crippen molar-refractivity contribution >= 4 is 41.1 Å². The molecule has 1 heterocycles. The summed E-state index contributed by atoms with van der Waals surface area (Å²) >= 11 is 12.2. The molecule has 0 atom stereocenters. The Labute approximate surface area is 288 Å². The van der Waals surface area contributed by atoms with Gasteiger partial charge in [-0.3, -0.25) is 14.2 Å². The number of halogens is 2.